The van der Waals surface area contributed by atoms with Gasteiger partial charge in [0.2, 0.25) is 5.91 Å². The van der Waals surface area contributed by atoms with E-state index in [0.29, 0.717) is 6.42 Å². The molecule has 21 heavy (non-hydrogen) atoms. The van der Waals surface area contributed by atoms with Crippen LogP contribution in [0.4, 0.5) is 13.2 Å². The van der Waals surface area contributed by atoms with Crippen molar-refractivity contribution in [1.82, 2.24) is 10.6 Å². The maximum absolute atomic E-state index is 11.9. The number of amides is 2. The average Bonchev–Trinajstić information content (AvgIpc) is 2.40. The van der Waals surface area contributed by atoms with Crippen LogP contribution in [0.25, 0.3) is 0 Å². The molecule has 1 aromatic carbocycles. The first kappa shape index (κ1) is 17.0. The van der Waals surface area contributed by atoms with Gasteiger partial charge in [-0.15, -0.1) is 0 Å². The van der Waals surface area contributed by atoms with Crippen LogP contribution in [0.5, 0.6) is 0 Å². The summed E-state index contributed by atoms with van der Waals surface area (Å²) in [5.41, 5.74) is 2.12. The molecule has 0 aliphatic rings. The second-order valence-electron chi connectivity index (χ2n) is 4.59. The van der Waals surface area contributed by atoms with E-state index in [1.807, 2.05) is 31.2 Å². The number of hydrogen-bond donors (Lipinski definition) is 2. The van der Waals surface area contributed by atoms with Gasteiger partial charge in [0.05, 0.1) is 0 Å². The first-order valence-corrected chi connectivity index (χ1v) is 6.46. The minimum atomic E-state index is -4.89. The van der Waals surface area contributed by atoms with E-state index in [4.69, 9.17) is 0 Å². The van der Waals surface area contributed by atoms with Gasteiger partial charge in [-0.1, -0.05) is 29.8 Å². The van der Waals surface area contributed by atoms with Gasteiger partial charge in [-0.05, 0) is 18.9 Å². The molecule has 0 heterocycles. The van der Waals surface area contributed by atoms with Crippen LogP contribution in [0.2, 0.25) is 0 Å². The lowest BCUT2D eigenvalue weighted by Gasteiger charge is -2.09. The number of rotatable bonds is 6. The Morgan fingerprint density at radius 3 is 2.43 bits per heavy atom. The lowest BCUT2D eigenvalue weighted by Crippen LogP contribution is -2.41. The number of nitrogens with one attached hydrogen (secondary N) is 2. The van der Waals surface area contributed by atoms with Crippen LogP contribution in [-0.2, 0) is 16.0 Å². The zero-order chi connectivity index (χ0) is 15.9. The molecule has 1 aromatic rings. The van der Waals surface area contributed by atoms with Gasteiger partial charge in [0.25, 0.3) is 0 Å². The lowest BCUT2D eigenvalue weighted by molar-refractivity contribution is -0.173. The Morgan fingerprint density at radius 2 is 1.81 bits per heavy atom. The van der Waals surface area contributed by atoms with Gasteiger partial charge in [-0.2, -0.15) is 13.2 Å². The van der Waals surface area contributed by atoms with Crippen molar-refractivity contribution in [3.05, 3.63) is 35.4 Å². The highest BCUT2D eigenvalue weighted by atomic mass is 19.4. The van der Waals surface area contributed by atoms with E-state index >= 15 is 0 Å². The number of aryl methyl sites for hydroxylation is 2. The monoisotopic (exact) mass is 302 g/mol. The van der Waals surface area contributed by atoms with Crippen molar-refractivity contribution in [2.45, 2.75) is 25.9 Å². The van der Waals surface area contributed by atoms with Crippen molar-refractivity contribution < 1.29 is 22.8 Å². The van der Waals surface area contributed by atoms with E-state index in [1.165, 1.54) is 0 Å². The van der Waals surface area contributed by atoms with Gasteiger partial charge in [0, 0.05) is 19.5 Å². The number of carbonyl (C=O) groups excluding carboxylic acids is 2. The molecule has 0 spiro atoms. The third-order valence-corrected chi connectivity index (χ3v) is 2.71. The predicted octanol–water partition coefficient (Wildman–Crippen LogP) is 1.72. The van der Waals surface area contributed by atoms with E-state index in [1.54, 1.807) is 5.32 Å². The molecule has 0 aromatic heterocycles. The number of benzene rings is 1. The maximum atomic E-state index is 11.9. The molecule has 116 valence electrons. The Labute approximate surface area is 120 Å². The molecule has 0 aliphatic heterocycles. The number of carbonyl (C=O) groups is 2. The fourth-order valence-corrected chi connectivity index (χ4v) is 1.69. The standard InChI is InChI=1S/C14H17F3N2O2/c1-10-3-2-4-11(9-10)5-6-12(20)18-7-8-19-13(21)14(15,16)17/h2-4,9H,5-8H2,1H3,(H,18,20)(H,19,21). The van der Waals surface area contributed by atoms with Gasteiger partial charge < -0.3 is 10.6 Å². The molecular weight excluding hydrogens is 285 g/mol. The predicted molar refractivity (Wildman–Crippen MR) is 71.6 cm³/mol. The number of hydrogen-bond acceptors (Lipinski definition) is 2. The molecule has 2 amide bonds. The van der Waals surface area contributed by atoms with Crippen LogP contribution in [-0.4, -0.2) is 31.1 Å². The van der Waals surface area contributed by atoms with Gasteiger partial charge in [-0.3, -0.25) is 9.59 Å². The molecule has 0 aliphatic carbocycles. The van der Waals surface area contributed by atoms with E-state index in [9.17, 15) is 22.8 Å². The second kappa shape index (κ2) is 7.66. The van der Waals surface area contributed by atoms with Crippen molar-refractivity contribution in [2.24, 2.45) is 0 Å². The Balaban J connectivity index is 2.19. The summed E-state index contributed by atoms with van der Waals surface area (Å²) in [5, 5.41) is 4.13. The van der Waals surface area contributed by atoms with Crippen molar-refractivity contribution >= 4 is 11.8 Å². The summed E-state index contributed by atoms with van der Waals surface area (Å²) in [6.07, 6.45) is -4.09. The molecule has 7 heteroatoms. The van der Waals surface area contributed by atoms with Crippen molar-refractivity contribution in [2.75, 3.05) is 13.1 Å². The van der Waals surface area contributed by atoms with Crippen LogP contribution in [0.1, 0.15) is 17.5 Å². The molecule has 0 fully saturated rings. The van der Waals surface area contributed by atoms with Crippen LogP contribution in [0, 0.1) is 6.92 Å². The number of halogens is 3. The summed E-state index contributed by atoms with van der Waals surface area (Å²) in [4.78, 5) is 22.0. The third-order valence-electron chi connectivity index (χ3n) is 2.71. The first-order chi connectivity index (χ1) is 9.79. The molecule has 1 rings (SSSR count). The normalized spacial score (nSPS) is 11.0. The van der Waals surface area contributed by atoms with Crippen molar-refractivity contribution in [1.29, 1.82) is 0 Å². The van der Waals surface area contributed by atoms with Gasteiger partial charge in [-0.25, -0.2) is 0 Å². The minimum absolute atomic E-state index is 0.0333. The summed E-state index contributed by atoms with van der Waals surface area (Å²) in [6, 6.07) is 7.73. The molecule has 4 nitrogen and oxygen atoms in total. The second-order valence-corrected chi connectivity index (χ2v) is 4.59. The molecule has 0 bridgehead atoms. The lowest BCUT2D eigenvalue weighted by atomic mass is 10.1. The highest BCUT2D eigenvalue weighted by molar-refractivity contribution is 5.81. The van der Waals surface area contributed by atoms with Gasteiger partial charge in [0.15, 0.2) is 0 Å². The Hall–Kier alpha value is -2.05. The summed E-state index contributed by atoms with van der Waals surface area (Å²) in [5.74, 6) is -2.27. The molecule has 0 radical (unpaired) electrons. The Kier molecular flexibility index (Phi) is 6.20. The molecule has 0 saturated heterocycles. The average molecular weight is 302 g/mol. The topological polar surface area (TPSA) is 58.2 Å². The summed E-state index contributed by atoms with van der Waals surface area (Å²) < 4.78 is 35.6. The van der Waals surface area contributed by atoms with Crippen molar-refractivity contribution in [3.8, 4) is 0 Å². The quantitative estimate of drug-likeness (QED) is 0.786. The Morgan fingerprint density at radius 1 is 1.14 bits per heavy atom. The van der Waals surface area contributed by atoms with E-state index in [0.717, 1.165) is 11.1 Å². The molecule has 0 saturated carbocycles. The zero-order valence-corrected chi connectivity index (χ0v) is 11.6. The first-order valence-electron chi connectivity index (χ1n) is 6.46. The largest absolute Gasteiger partial charge is 0.471 e. The maximum Gasteiger partial charge on any atom is 0.471 e. The SMILES string of the molecule is Cc1cccc(CCC(=O)NCCNC(=O)C(F)(F)F)c1. The van der Waals surface area contributed by atoms with Crippen LogP contribution >= 0.6 is 0 Å². The van der Waals surface area contributed by atoms with Gasteiger partial charge >= 0.3 is 12.1 Å². The van der Waals surface area contributed by atoms with E-state index in [-0.39, 0.29) is 25.4 Å². The Bertz CT molecular complexity index is 501. The molecule has 0 atom stereocenters. The summed E-state index contributed by atoms with van der Waals surface area (Å²) in [6.45, 7) is 1.66. The molecule has 2 N–H and O–H groups in total. The molecular formula is C14H17F3N2O2. The van der Waals surface area contributed by atoms with Crippen LogP contribution in [0.15, 0.2) is 24.3 Å². The van der Waals surface area contributed by atoms with Crippen molar-refractivity contribution in [3.63, 3.8) is 0 Å². The summed E-state index contributed by atoms with van der Waals surface area (Å²) in [7, 11) is 0. The van der Waals surface area contributed by atoms with E-state index in [2.05, 4.69) is 5.32 Å². The van der Waals surface area contributed by atoms with Gasteiger partial charge in [0.1, 0.15) is 0 Å². The van der Waals surface area contributed by atoms with E-state index < -0.39 is 12.1 Å². The van der Waals surface area contributed by atoms with Crippen LogP contribution < -0.4 is 10.6 Å². The fourth-order valence-electron chi connectivity index (χ4n) is 1.69. The summed E-state index contributed by atoms with van der Waals surface area (Å²) >= 11 is 0. The van der Waals surface area contributed by atoms with Crippen LogP contribution in [0.3, 0.4) is 0 Å². The minimum Gasteiger partial charge on any atom is -0.354 e. The number of alkyl halides is 3. The fraction of sp³-hybridized carbons (Fsp3) is 0.429. The smallest absolute Gasteiger partial charge is 0.354 e. The molecule has 0 unspecified atom stereocenters. The highest BCUT2D eigenvalue weighted by Crippen LogP contribution is 2.13. The third kappa shape index (κ3) is 6.78. The highest BCUT2D eigenvalue weighted by Gasteiger charge is 2.38. The zero-order valence-electron chi connectivity index (χ0n) is 11.6.